The van der Waals surface area contributed by atoms with Crippen LogP contribution in [0.25, 0.3) is 22.3 Å². The van der Waals surface area contributed by atoms with Crippen molar-refractivity contribution in [2.24, 2.45) is 0 Å². The van der Waals surface area contributed by atoms with Crippen molar-refractivity contribution in [1.82, 2.24) is 5.32 Å². The number of fused-ring (bicyclic) bond motifs is 1. The van der Waals surface area contributed by atoms with Crippen molar-refractivity contribution in [3.05, 3.63) is 53.6 Å². The summed E-state index contributed by atoms with van der Waals surface area (Å²) in [5.74, 6) is 0.535. The Bertz CT molecular complexity index is 1130. The summed E-state index contributed by atoms with van der Waals surface area (Å²) >= 11 is 0. The van der Waals surface area contributed by atoms with Gasteiger partial charge in [-0.1, -0.05) is 30.3 Å². The minimum atomic E-state index is -3.42. The van der Waals surface area contributed by atoms with Crippen LogP contribution in [0.2, 0.25) is 0 Å². The SMILES string of the molecule is CNC(=O)c1c(-c2ccccc2)oc2cc(NS(C)(=O)=O)c(C3CC3)cc12. The predicted molar refractivity (Wildman–Crippen MR) is 105 cm³/mol. The highest BCUT2D eigenvalue weighted by molar-refractivity contribution is 7.92. The Morgan fingerprint density at radius 3 is 2.44 bits per heavy atom. The average Bonchev–Trinajstić information content (AvgIpc) is 3.40. The van der Waals surface area contributed by atoms with Gasteiger partial charge in [0.15, 0.2) is 0 Å². The van der Waals surface area contributed by atoms with Crippen LogP contribution in [0.3, 0.4) is 0 Å². The third kappa shape index (κ3) is 3.42. The molecule has 0 unspecified atom stereocenters. The molecule has 3 aromatic rings. The molecule has 0 saturated heterocycles. The van der Waals surface area contributed by atoms with Crippen molar-refractivity contribution in [3.8, 4) is 11.3 Å². The second-order valence-corrected chi connectivity index (χ2v) is 8.58. The molecule has 0 bridgehead atoms. The highest BCUT2D eigenvalue weighted by Gasteiger charge is 2.30. The van der Waals surface area contributed by atoms with Crippen molar-refractivity contribution >= 4 is 32.6 Å². The number of hydrogen-bond acceptors (Lipinski definition) is 4. The first-order chi connectivity index (χ1) is 12.9. The number of nitrogens with one attached hydrogen (secondary N) is 2. The molecular formula is C20H20N2O4S. The molecule has 1 heterocycles. The maximum absolute atomic E-state index is 12.6. The van der Waals surface area contributed by atoms with E-state index in [0.717, 1.165) is 30.2 Å². The average molecular weight is 384 g/mol. The molecule has 1 aliphatic carbocycles. The summed E-state index contributed by atoms with van der Waals surface area (Å²) in [7, 11) is -1.84. The molecule has 2 aromatic carbocycles. The van der Waals surface area contributed by atoms with Gasteiger partial charge in [0.1, 0.15) is 11.3 Å². The second kappa shape index (κ2) is 6.42. The maximum atomic E-state index is 12.6. The van der Waals surface area contributed by atoms with Crippen LogP contribution in [-0.2, 0) is 10.0 Å². The number of sulfonamides is 1. The van der Waals surface area contributed by atoms with Gasteiger partial charge in [0.05, 0.1) is 17.5 Å². The van der Waals surface area contributed by atoms with Gasteiger partial charge in [0.2, 0.25) is 10.0 Å². The number of carbonyl (C=O) groups excluding carboxylic acids is 1. The quantitative estimate of drug-likeness (QED) is 0.702. The molecule has 1 aromatic heterocycles. The minimum Gasteiger partial charge on any atom is -0.455 e. The normalized spacial score (nSPS) is 14.3. The fraction of sp³-hybridized carbons (Fsp3) is 0.250. The fourth-order valence-electron chi connectivity index (χ4n) is 3.32. The molecule has 0 radical (unpaired) electrons. The molecule has 0 spiro atoms. The van der Waals surface area contributed by atoms with E-state index in [1.807, 2.05) is 36.4 Å². The van der Waals surface area contributed by atoms with Crippen LogP contribution in [0.4, 0.5) is 5.69 Å². The van der Waals surface area contributed by atoms with Gasteiger partial charge in [-0.05, 0) is 30.4 Å². The highest BCUT2D eigenvalue weighted by atomic mass is 32.2. The van der Waals surface area contributed by atoms with Gasteiger partial charge in [-0.3, -0.25) is 9.52 Å². The van der Waals surface area contributed by atoms with E-state index >= 15 is 0 Å². The molecule has 7 heteroatoms. The summed E-state index contributed by atoms with van der Waals surface area (Å²) in [5.41, 5.74) is 3.15. The van der Waals surface area contributed by atoms with Gasteiger partial charge >= 0.3 is 0 Å². The molecule has 1 fully saturated rings. The molecule has 2 N–H and O–H groups in total. The molecule has 0 aliphatic heterocycles. The van der Waals surface area contributed by atoms with Gasteiger partial charge in [-0.2, -0.15) is 0 Å². The number of anilines is 1. The molecule has 6 nitrogen and oxygen atoms in total. The van der Waals surface area contributed by atoms with Crippen LogP contribution >= 0.6 is 0 Å². The lowest BCUT2D eigenvalue weighted by Gasteiger charge is -2.10. The van der Waals surface area contributed by atoms with Gasteiger partial charge < -0.3 is 9.73 Å². The first-order valence-corrected chi connectivity index (χ1v) is 10.6. The van der Waals surface area contributed by atoms with Crippen molar-refractivity contribution in [2.75, 3.05) is 18.0 Å². The summed E-state index contributed by atoms with van der Waals surface area (Å²) in [6.45, 7) is 0. The van der Waals surface area contributed by atoms with Crippen LogP contribution in [0.15, 0.2) is 46.9 Å². The Kier molecular flexibility index (Phi) is 4.19. The largest absolute Gasteiger partial charge is 0.455 e. The third-order valence-corrected chi connectivity index (χ3v) is 5.25. The summed E-state index contributed by atoms with van der Waals surface area (Å²) in [4.78, 5) is 12.6. The zero-order valence-electron chi connectivity index (χ0n) is 15.1. The predicted octanol–water partition coefficient (Wildman–Crippen LogP) is 3.71. The number of amides is 1. The monoisotopic (exact) mass is 384 g/mol. The van der Waals surface area contributed by atoms with Crippen molar-refractivity contribution in [2.45, 2.75) is 18.8 Å². The molecule has 1 saturated carbocycles. The Hall–Kier alpha value is -2.80. The molecule has 1 amide bonds. The van der Waals surface area contributed by atoms with E-state index in [0.29, 0.717) is 33.9 Å². The highest BCUT2D eigenvalue weighted by Crippen LogP contribution is 2.46. The Morgan fingerprint density at radius 2 is 1.85 bits per heavy atom. The number of hydrogen-bond donors (Lipinski definition) is 2. The molecule has 0 atom stereocenters. The standard InChI is InChI=1S/C20H20N2O4S/c1-21-20(23)18-15-10-14(12-8-9-12)16(22-27(2,24)25)11-17(15)26-19(18)13-6-4-3-5-7-13/h3-7,10-12,22H,8-9H2,1-2H3,(H,21,23). The Balaban J connectivity index is 1.98. The van der Waals surface area contributed by atoms with E-state index < -0.39 is 10.0 Å². The summed E-state index contributed by atoms with van der Waals surface area (Å²) in [6, 6.07) is 13.0. The number of carbonyl (C=O) groups is 1. The molecule has 1 aliphatic rings. The number of rotatable bonds is 5. The molecule has 27 heavy (non-hydrogen) atoms. The summed E-state index contributed by atoms with van der Waals surface area (Å²) in [5, 5.41) is 3.37. The molecule has 140 valence electrons. The van der Waals surface area contributed by atoms with Gasteiger partial charge in [0, 0.05) is 24.1 Å². The Labute approximate surface area is 157 Å². The van der Waals surface area contributed by atoms with Crippen LogP contribution in [0.1, 0.15) is 34.7 Å². The van der Waals surface area contributed by atoms with E-state index in [-0.39, 0.29) is 5.91 Å². The zero-order chi connectivity index (χ0) is 19.2. The third-order valence-electron chi connectivity index (χ3n) is 4.66. The van der Waals surface area contributed by atoms with Crippen molar-refractivity contribution in [3.63, 3.8) is 0 Å². The lowest BCUT2D eigenvalue weighted by atomic mass is 10.0. The lowest BCUT2D eigenvalue weighted by Crippen LogP contribution is -2.18. The number of benzene rings is 2. The topological polar surface area (TPSA) is 88.4 Å². The van der Waals surface area contributed by atoms with E-state index in [1.54, 1.807) is 13.1 Å². The second-order valence-electron chi connectivity index (χ2n) is 6.84. The van der Waals surface area contributed by atoms with E-state index in [4.69, 9.17) is 4.42 Å². The maximum Gasteiger partial charge on any atom is 0.255 e. The lowest BCUT2D eigenvalue weighted by molar-refractivity contribution is 0.0964. The smallest absolute Gasteiger partial charge is 0.255 e. The molecule has 4 rings (SSSR count). The van der Waals surface area contributed by atoms with Crippen molar-refractivity contribution < 1.29 is 17.6 Å². The number of furan rings is 1. The first kappa shape index (κ1) is 17.6. The van der Waals surface area contributed by atoms with Crippen LogP contribution in [0.5, 0.6) is 0 Å². The van der Waals surface area contributed by atoms with Gasteiger partial charge in [-0.25, -0.2) is 8.42 Å². The summed E-state index contributed by atoms with van der Waals surface area (Å²) in [6.07, 6.45) is 3.13. The van der Waals surface area contributed by atoms with Crippen LogP contribution in [-0.4, -0.2) is 27.6 Å². The fourth-order valence-corrected chi connectivity index (χ4v) is 3.90. The summed E-state index contributed by atoms with van der Waals surface area (Å²) < 4.78 is 32.2. The first-order valence-electron chi connectivity index (χ1n) is 8.73. The van der Waals surface area contributed by atoms with Gasteiger partial charge in [-0.15, -0.1) is 0 Å². The zero-order valence-corrected chi connectivity index (χ0v) is 15.9. The van der Waals surface area contributed by atoms with Crippen LogP contribution < -0.4 is 10.0 Å². The van der Waals surface area contributed by atoms with Gasteiger partial charge in [0.25, 0.3) is 5.91 Å². The molecular weight excluding hydrogens is 364 g/mol. The van der Waals surface area contributed by atoms with Crippen LogP contribution in [0, 0.1) is 0 Å². The Morgan fingerprint density at radius 1 is 1.15 bits per heavy atom. The van der Waals surface area contributed by atoms with Crippen molar-refractivity contribution in [1.29, 1.82) is 0 Å². The van der Waals surface area contributed by atoms with E-state index in [9.17, 15) is 13.2 Å². The van der Waals surface area contributed by atoms with E-state index in [1.165, 1.54) is 0 Å². The van der Waals surface area contributed by atoms with E-state index in [2.05, 4.69) is 10.0 Å². The minimum absolute atomic E-state index is 0.238.